The number of anilines is 1. The Labute approximate surface area is 121 Å². The van der Waals surface area contributed by atoms with E-state index in [2.05, 4.69) is 18.8 Å². The second-order valence-corrected chi connectivity index (χ2v) is 5.58. The second kappa shape index (κ2) is 6.73. The maximum atomic E-state index is 12.7. The predicted octanol–water partition coefficient (Wildman–Crippen LogP) is 3.02. The Morgan fingerprint density at radius 3 is 2.90 bits per heavy atom. The minimum absolute atomic E-state index is 0.114. The first-order valence-electron chi connectivity index (χ1n) is 7.73. The van der Waals surface area contributed by atoms with E-state index < -0.39 is 0 Å². The van der Waals surface area contributed by atoms with E-state index in [9.17, 15) is 4.79 Å². The summed E-state index contributed by atoms with van der Waals surface area (Å²) in [6.45, 7) is 5.12. The molecule has 2 N–H and O–H groups in total. The fourth-order valence-electron chi connectivity index (χ4n) is 2.98. The van der Waals surface area contributed by atoms with Crippen LogP contribution in [0.2, 0.25) is 0 Å². The van der Waals surface area contributed by atoms with Crippen LogP contribution in [0.15, 0.2) is 12.1 Å². The average Bonchev–Trinajstić information content (AvgIpc) is 2.46. The van der Waals surface area contributed by atoms with Crippen LogP contribution in [0.4, 0.5) is 5.82 Å². The molecule has 1 atom stereocenters. The van der Waals surface area contributed by atoms with Gasteiger partial charge >= 0.3 is 0 Å². The van der Waals surface area contributed by atoms with Crippen LogP contribution in [-0.4, -0.2) is 28.4 Å². The minimum Gasteiger partial charge on any atom is -0.384 e. The quantitative estimate of drug-likeness (QED) is 0.919. The summed E-state index contributed by atoms with van der Waals surface area (Å²) in [5, 5.41) is 0. The number of aryl methyl sites for hydroxylation is 1. The number of hydrogen-bond acceptors (Lipinski definition) is 3. The normalized spacial score (nSPS) is 19.1. The predicted molar refractivity (Wildman–Crippen MR) is 81.6 cm³/mol. The molecule has 4 nitrogen and oxygen atoms in total. The monoisotopic (exact) mass is 275 g/mol. The van der Waals surface area contributed by atoms with E-state index in [1.165, 1.54) is 6.42 Å². The summed E-state index contributed by atoms with van der Waals surface area (Å²) in [5.74, 6) is 0.562. The van der Waals surface area contributed by atoms with E-state index in [-0.39, 0.29) is 5.91 Å². The number of amides is 1. The Morgan fingerprint density at radius 2 is 2.20 bits per heavy atom. The van der Waals surface area contributed by atoms with Crippen LogP contribution < -0.4 is 5.73 Å². The smallest absolute Gasteiger partial charge is 0.254 e. The second-order valence-electron chi connectivity index (χ2n) is 5.58. The molecule has 1 aromatic rings. The molecule has 1 aliphatic heterocycles. The number of carbonyl (C=O) groups excluding carboxylic acids is 1. The summed E-state index contributed by atoms with van der Waals surface area (Å²) < 4.78 is 0. The third-order valence-corrected chi connectivity index (χ3v) is 4.01. The Bertz CT molecular complexity index is 473. The number of rotatable bonds is 4. The summed E-state index contributed by atoms with van der Waals surface area (Å²) in [6.07, 6.45) is 6.33. The molecule has 1 unspecified atom stereocenters. The van der Waals surface area contributed by atoms with E-state index >= 15 is 0 Å². The highest BCUT2D eigenvalue weighted by Gasteiger charge is 2.26. The van der Waals surface area contributed by atoms with Gasteiger partial charge in [0.25, 0.3) is 5.91 Å². The van der Waals surface area contributed by atoms with Gasteiger partial charge in [0.2, 0.25) is 0 Å². The molecule has 0 aromatic carbocycles. The number of nitrogens with two attached hydrogens (primary N) is 1. The molecule has 2 rings (SSSR count). The summed E-state index contributed by atoms with van der Waals surface area (Å²) in [5.41, 5.74) is 7.46. The number of hydrogen-bond donors (Lipinski definition) is 1. The van der Waals surface area contributed by atoms with Gasteiger partial charge in [0.15, 0.2) is 0 Å². The van der Waals surface area contributed by atoms with Gasteiger partial charge in [0, 0.05) is 23.8 Å². The van der Waals surface area contributed by atoms with Crippen molar-refractivity contribution in [1.82, 2.24) is 9.88 Å². The Balaban J connectivity index is 2.23. The molecule has 1 amide bonds. The lowest BCUT2D eigenvalue weighted by atomic mass is 9.98. The third kappa shape index (κ3) is 3.30. The topological polar surface area (TPSA) is 59.2 Å². The zero-order chi connectivity index (χ0) is 14.5. The number of pyridine rings is 1. The van der Waals surface area contributed by atoms with Gasteiger partial charge in [0.05, 0.1) is 0 Å². The molecular weight excluding hydrogens is 250 g/mol. The number of aromatic nitrogens is 1. The highest BCUT2D eigenvalue weighted by Crippen LogP contribution is 2.22. The Kier molecular flexibility index (Phi) is 4.99. The van der Waals surface area contributed by atoms with Crippen LogP contribution in [0, 0.1) is 0 Å². The number of nitrogens with zero attached hydrogens (tertiary/aromatic N) is 2. The molecule has 0 spiro atoms. The maximum Gasteiger partial charge on any atom is 0.254 e. The number of carbonyl (C=O) groups is 1. The molecule has 110 valence electrons. The van der Waals surface area contributed by atoms with E-state index in [0.717, 1.165) is 44.3 Å². The molecule has 2 heterocycles. The molecule has 4 heteroatoms. The molecule has 1 fully saturated rings. The molecule has 0 radical (unpaired) electrons. The van der Waals surface area contributed by atoms with E-state index in [4.69, 9.17) is 5.73 Å². The van der Waals surface area contributed by atoms with Gasteiger partial charge < -0.3 is 10.6 Å². The van der Waals surface area contributed by atoms with Crippen molar-refractivity contribution >= 4 is 11.7 Å². The van der Waals surface area contributed by atoms with Crippen LogP contribution in [0.25, 0.3) is 0 Å². The van der Waals surface area contributed by atoms with Gasteiger partial charge in [0.1, 0.15) is 5.82 Å². The first-order chi connectivity index (χ1) is 9.65. The molecule has 1 aromatic heterocycles. The molecule has 20 heavy (non-hydrogen) atoms. The van der Waals surface area contributed by atoms with Crippen LogP contribution in [0.3, 0.4) is 0 Å². The van der Waals surface area contributed by atoms with Crippen molar-refractivity contribution in [2.75, 3.05) is 12.3 Å². The number of nitrogen functional groups attached to an aromatic ring is 1. The lowest BCUT2D eigenvalue weighted by Gasteiger charge is -2.35. The molecule has 0 bridgehead atoms. The van der Waals surface area contributed by atoms with Crippen molar-refractivity contribution in [3.05, 3.63) is 23.4 Å². The van der Waals surface area contributed by atoms with Crippen molar-refractivity contribution in [2.45, 2.75) is 58.4 Å². The first kappa shape index (κ1) is 14.8. The number of piperidine rings is 1. The fraction of sp³-hybridized carbons (Fsp3) is 0.625. The zero-order valence-electron chi connectivity index (χ0n) is 12.6. The fourth-order valence-corrected chi connectivity index (χ4v) is 2.98. The summed E-state index contributed by atoms with van der Waals surface area (Å²) >= 11 is 0. The molecule has 1 aliphatic rings. The minimum atomic E-state index is 0.114. The summed E-state index contributed by atoms with van der Waals surface area (Å²) in [4.78, 5) is 19.0. The molecular formula is C16H25N3O. The van der Waals surface area contributed by atoms with E-state index in [0.29, 0.717) is 17.4 Å². The summed E-state index contributed by atoms with van der Waals surface area (Å²) in [6, 6.07) is 3.99. The molecule has 0 aliphatic carbocycles. The van der Waals surface area contributed by atoms with Gasteiger partial charge in [-0.05, 0) is 44.2 Å². The zero-order valence-corrected chi connectivity index (χ0v) is 12.6. The lowest BCUT2D eigenvalue weighted by Crippen LogP contribution is -2.43. The van der Waals surface area contributed by atoms with Crippen molar-refractivity contribution < 1.29 is 4.79 Å². The maximum absolute atomic E-state index is 12.7. The van der Waals surface area contributed by atoms with E-state index in [1.807, 2.05) is 11.0 Å². The van der Waals surface area contributed by atoms with Crippen LogP contribution in [0.5, 0.6) is 0 Å². The third-order valence-electron chi connectivity index (χ3n) is 4.01. The molecule has 1 saturated heterocycles. The number of likely N-dealkylation sites (tertiary alicyclic amines) is 1. The van der Waals surface area contributed by atoms with Crippen molar-refractivity contribution in [3.8, 4) is 0 Å². The van der Waals surface area contributed by atoms with Crippen molar-refractivity contribution in [1.29, 1.82) is 0 Å². The van der Waals surface area contributed by atoms with Crippen LogP contribution in [-0.2, 0) is 6.42 Å². The van der Waals surface area contributed by atoms with Gasteiger partial charge in [-0.1, -0.05) is 20.3 Å². The van der Waals surface area contributed by atoms with Gasteiger partial charge in [-0.2, -0.15) is 0 Å². The highest BCUT2D eigenvalue weighted by atomic mass is 16.2. The average molecular weight is 275 g/mol. The van der Waals surface area contributed by atoms with Crippen LogP contribution >= 0.6 is 0 Å². The molecule has 0 saturated carbocycles. The summed E-state index contributed by atoms with van der Waals surface area (Å²) in [7, 11) is 0. The van der Waals surface area contributed by atoms with Crippen molar-refractivity contribution in [2.24, 2.45) is 0 Å². The Hall–Kier alpha value is -1.58. The van der Waals surface area contributed by atoms with Gasteiger partial charge in [-0.15, -0.1) is 0 Å². The van der Waals surface area contributed by atoms with Gasteiger partial charge in [-0.25, -0.2) is 4.98 Å². The van der Waals surface area contributed by atoms with Crippen LogP contribution in [0.1, 0.15) is 62.0 Å². The SMILES string of the molecule is CCCc1cc(C(=O)N2CCCCC2CC)cc(N)n1. The first-order valence-corrected chi connectivity index (χ1v) is 7.73. The standard InChI is InChI=1S/C16H25N3O/c1-3-7-13-10-12(11-15(17)18-13)16(20)19-9-6-5-8-14(19)4-2/h10-11,14H,3-9H2,1-2H3,(H2,17,18). The largest absolute Gasteiger partial charge is 0.384 e. The van der Waals surface area contributed by atoms with E-state index in [1.54, 1.807) is 6.07 Å². The lowest BCUT2D eigenvalue weighted by molar-refractivity contribution is 0.0608. The van der Waals surface area contributed by atoms with Gasteiger partial charge in [-0.3, -0.25) is 4.79 Å². The highest BCUT2D eigenvalue weighted by molar-refractivity contribution is 5.95. The Morgan fingerprint density at radius 1 is 1.40 bits per heavy atom. The van der Waals surface area contributed by atoms with Crippen molar-refractivity contribution in [3.63, 3.8) is 0 Å².